The maximum Gasteiger partial charge on any atom is 0.272 e. The summed E-state index contributed by atoms with van der Waals surface area (Å²) < 4.78 is 6.99. The van der Waals surface area contributed by atoms with Crippen molar-refractivity contribution in [2.45, 2.75) is 32.7 Å². The lowest BCUT2D eigenvalue weighted by Gasteiger charge is -2.32. The first-order valence-corrected chi connectivity index (χ1v) is 8.11. The first-order chi connectivity index (χ1) is 11.5. The third-order valence-corrected chi connectivity index (χ3v) is 4.44. The van der Waals surface area contributed by atoms with E-state index >= 15 is 0 Å². The minimum atomic E-state index is -0.110. The monoisotopic (exact) mass is 330 g/mol. The topological polar surface area (TPSA) is 80.4 Å². The highest BCUT2D eigenvalue weighted by atomic mass is 16.3. The number of furan rings is 1. The zero-order valence-corrected chi connectivity index (χ0v) is 14.2. The van der Waals surface area contributed by atoms with Gasteiger partial charge in [-0.2, -0.15) is 5.10 Å². The molecule has 7 nitrogen and oxygen atoms in total. The van der Waals surface area contributed by atoms with E-state index in [1.165, 1.54) is 0 Å². The highest BCUT2D eigenvalue weighted by Gasteiger charge is 2.26. The molecule has 1 fully saturated rings. The number of nitrogens with zero attached hydrogens (tertiary/aromatic N) is 3. The first kappa shape index (κ1) is 16.3. The van der Waals surface area contributed by atoms with Crippen LogP contribution in [0.5, 0.6) is 0 Å². The van der Waals surface area contributed by atoms with E-state index < -0.39 is 0 Å². The molecule has 128 valence electrons. The Balaban J connectivity index is 1.56. The molecule has 0 atom stereocenters. The summed E-state index contributed by atoms with van der Waals surface area (Å²) in [6.45, 7) is 4.86. The van der Waals surface area contributed by atoms with Crippen LogP contribution in [0.2, 0.25) is 0 Å². The molecule has 0 saturated carbocycles. The van der Waals surface area contributed by atoms with E-state index in [2.05, 4.69) is 10.4 Å². The van der Waals surface area contributed by atoms with Gasteiger partial charge in [0.1, 0.15) is 17.2 Å². The first-order valence-electron chi connectivity index (χ1n) is 8.11. The van der Waals surface area contributed by atoms with Gasteiger partial charge < -0.3 is 14.6 Å². The van der Waals surface area contributed by atoms with E-state index in [9.17, 15) is 9.59 Å². The van der Waals surface area contributed by atoms with E-state index in [-0.39, 0.29) is 17.9 Å². The summed E-state index contributed by atoms with van der Waals surface area (Å²) in [5.41, 5.74) is 1.17. The molecule has 1 aliphatic rings. The van der Waals surface area contributed by atoms with Crippen molar-refractivity contribution in [3.05, 3.63) is 41.1 Å². The molecule has 24 heavy (non-hydrogen) atoms. The highest BCUT2D eigenvalue weighted by Crippen LogP contribution is 2.17. The largest absolute Gasteiger partial charge is 0.466 e. The van der Waals surface area contributed by atoms with Crippen molar-refractivity contribution < 1.29 is 14.0 Å². The summed E-state index contributed by atoms with van der Waals surface area (Å²) in [6.07, 6.45) is 3.10. The van der Waals surface area contributed by atoms with Crippen molar-refractivity contribution in [1.29, 1.82) is 0 Å². The van der Waals surface area contributed by atoms with Crippen LogP contribution in [-0.2, 0) is 7.05 Å². The highest BCUT2D eigenvalue weighted by molar-refractivity contribution is 5.95. The van der Waals surface area contributed by atoms with Crippen molar-refractivity contribution in [2.24, 2.45) is 7.05 Å². The van der Waals surface area contributed by atoms with Crippen LogP contribution < -0.4 is 5.32 Å². The summed E-state index contributed by atoms with van der Waals surface area (Å²) in [6, 6.07) is 3.55. The van der Waals surface area contributed by atoms with Crippen LogP contribution in [0.4, 0.5) is 0 Å². The summed E-state index contributed by atoms with van der Waals surface area (Å²) >= 11 is 0. The average molecular weight is 330 g/mol. The van der Waals surface area contributed by atoms with Gasteiger partial charge in [-0.3, -0.25) is 14.3 Å². The second-order valence-corrected chi connectivity index (χ2v) is 6.21. The number of nitrogens with one attached hydrogen (secondary N) is 1. The van der Waals surface area contributed by atoms with Crippen molar-refractivity contribution >= 4 is 11.8 Å². The fraction of sp³-hybridized carbons (Fsp3) is 0.471. The molecule has 2 amide bonds. The van der Waals surface area contributed by atoms with Crippen molar-refractivity contribution in [2.75, 3.05) is 13.1 Å². The van der Waals surface area contributed by atoms with Gasteiger partial charge in [-0.05, 0) is 38.8 Å². The van der Waals surface area contributed by atoms with Gasteiger partial charge in [-0.15, -0.1) is 0 Å². The smallest absolute Gasteiger partial charge is 0.272 e. The Morgan fingerprint density at radius 1 is 1.29 bits per heavy atom. The molecule has 0 spiro atoms. The number of rotatable bonds is 3. The van der Waals surface area contributed by atoms with Gasteiger partial charge in [0.2, 0.25) is 0 Å². The molecule has 0 radical (unpaired) electrons. The maximum atomic E-state index is 12.4. The third kappa shape index (κ3) is 3.20. The summed E-state index contributed by atoms with van der Waals surface area (Å²) in [5, 5.41) is 7.07. The molecular formula is C17H22N4O3. The van der Waals surface area contributed by atoms with Crippen LogP contribution in [0, 0.1) is 13.8 Å². The minimum absolute atomic E-state index is 0.0129. The van der Waals surface area contributed by atoms with E-state index in [1.807, 2.05) is 11.8 Å². The fourth-order valence-corrected chi connectivity index (χ4v) is 3.09. The molecule has 0 unspecified atom stereocenters. The Hall–Kier alpha value is -2.57. The minimum Gasteiger partial charge on any atom is -0.466 e. The predicted molar refractivity (Wildman–Crippen MR) is 87.8 cm³/mol. The number of amides is 2. The standard InChI is InChI=1S/C17H22N4O3/c1-11-10-14(12(2)24-11)16(22)19-13-5-8-21(9-6-13)17(23)15-4-7-18-20(15)3/h4,7,10,13H,5-6,8-9H2,1-3H3,(H,19,22). The molecule has 7 heteroatoms. The van der Waals surface area contributed by atoms with Gasteiger partial charge in [-0.1, -0.05) is 0 Å². The number of aryl methyl sites for hydroxylation is 3. The Bertz CT molecular complexity index is 754. The molecule has 3 rings (SSSR count). The summed E-state index contributed by atoms with van der Waals surface area (Å²) in [5.74, 6) is 1.24. The predicted octanol–water partition coefficient (Wildman–Crippen LogP) is 1.66. The molecule has 1 saturated heterocycles. The van der Waals surface area contributed by atoms with Crippen molar-refractivity contribution in [3.8, 4) is 0 Å². The quantitative estimate of drug-likeness (QED) is 0.928. The second-order valence-electron chi connectivity index (χ2n) is 6.21. The van der Waals surface area contributed by atoms with Gasteiger partial charge in [0.05, 0.1) is 5.56 Å². The van der Waals surface area contributed by atoms with Crippen LogP contribution in [-0.4, -0.2) is 45.6 Å². The van der Waals surface area contributed by atoms with Crippen LogP contribution in [0.3, 0.4) is 0 Å². The van der Waals surface area contributed by atoms with E-state index in [4.69, 9.17) is 4.42 Å². The van der Waals surface area contributed by atoms with Gasteiger partial charge in [0.15, 0.2) is 0 Å². The fourth-order valence-electron chi connectivity index (χ4n) is 3.09. The van der Waals surface area contributed by atoms with E-state index in [0.29, 0.717) is 30.1 Å². The van der Waals surface area contributed by atoms with Gasteiger partial charge >= 0.3 is 0 Å². The van der Waals surface area contributed by atoms with E-state index in [1.54, 1.807) is 37.0 Å². The molecule has 0 aliphatic carbocycles. The molecule has 0 bridgehead atoms. The zero-order chi connectivity index (χ0) is 17.3. The number of aromatic nitrogens is 2. The van der Waals surface area contributed by atoms with Gasteiger partial charge in [0, 0.05) is 32.4 Å². The molecular weight excluding hydrogens is 308 g/mol. The Morgan fingerprint density at radius 3 is 2.54 bits per heavy atom. The Morgan fingerprint density at radius 2 is 2.00 bits per heavy atom. The number of carbonyl (C=O) groups excluding carboxylic acids is 2. The molecule has 3 heterocycles. The Kier molecular flexibility index (Phi) is 4.42. The van der Waals surface area contributed by atoms with E-state index in [0.717, 1.165) is 18.6 Å². The van der Waals surface area contributed by atoms with Crippen molar-refractivity contribution in [3.63, 3.8) is 0 Å². The summed E-state index contributed by atoms with van der Waals surface area (Å²) in [4.78, 5) is 26.6. The third-order valence-electron chi connectivity index (χ3n) is 4.44. The average Bonchev–Trinajstić information content (AvgIpc) is 3.12. The number of likely N-dealkylation sites (tertiary alicyclic amines) is 1. The van der Waals surface area contributed by atoms with Crippen LogP contribution >= 0.6 is 0 Å². The summed E-state index contributed by atoms with van der Waals surface area (Å²) in [7, 11) is 1.76. The zero-order valence-electron chi connectivity index (χ0n) is 14.2. The van der Waals surface area contributed by atoms with Gasteiger partial charge in [0.25, 0.3) is 11.8 Å². The van der Waals surface area contributed by atoms with Crippen LogP contribution in [0.1, 0.15) is 45.2 Å². The van der Waals surface area contributed by atoms with Gasteiger partial charge in [-0.25, -0.2) is 0 Å². The van der Waals surface area contributed by atoms with Crippen LogP contribution in [0.15, 0.2) is 22.7 Å². The maximum absolute atomic E-state index is 12.4. The SMILES string of the molecule is Cc1cc(C(=O)NC2CCN(C(=O)c3ccnn3C)CC2)c(C)o1. The molecule has 2 aromatic rings. The molecule has 2 aromatic heterocycles. The van der Waals surface area contributed by atoms with Crippen LogP contribution in [0.25, 0.3) is 0 Å². The Labute approximate surface area is 140 Å². The van der Waals surface area contributed by atoms with Crippen molar-refractivity contribution in [1.82, 2.24) is 20.0 Å². The molecule has 1 aliphatic heterocycles. The number of hydrogen-bond acceptors (Lipinski definition) is 4. The second kappa shape index (κ2) is 6.51. The molecule has 1 N–H and O–H groups in total. The number of hydrogen-bond donors (Lipinski definition) is 1. The molecule has 0 aromatic carbocycles. The lowest BCUT2D eigenvalue weighted by atomic mass is 10.0. The normalized spacial score (nSPS) is 15.5. The number of piperidine rings is 1. The lowest BCUT2D eigenvalue weighted by molar-refractivity contribution is 0.0687. The number of carbonyl (C=O) groups is 2. The lowest BCUT2D eigenvalue weighted by Crippen LogP contribution is -2.46.